The second-order valence-corrected chi connectivity index (χ2v) is 3.42. The maximum atomic E-state index is 11.2. The number of carbonyl (C=O) groups excluding carboxylic acids is 1. The molecule has 2 aromatic rings. The van der Waals surface area contributed by atoms with Crippen LogP contribution in [0.5, 0.6) is 11.8 Å². The number of benzene rings is 1. The molecule has 7 nitrogen and oxygen atoms in total. The van der Waals surface area contributed by atoms with Crippen molar-refractivity contribution in [2.45, 2.75) is 0 Å². The van der Waals surface area contributed by atoms with Crippen LogP contribution < -0.4 is 16.2 Å². The van der Waals surface area contributed by atoms with Crippen LogP contribution in [0.4, 0.5) is 5.69 Å². The SMILES string of the molecule is Cn1cnc(Oc2cc(N)ccc2C(N)=O)n1. The van der Waals surface area contributed by atoms with E-state index in [0.29, 0.717) is 5.69 Å². The van der Waals surface area contributed by atoms with Gasteiger partial charge in [-0.25, -0.2) is 0 Å². The summed E-state index contributed by atoms with van der Waals surface area (Å²) in [6.07, 6.45) is 1.48. The fraction of sp³-hybridized carbons (Fsp3) is 0.100. The Balaban J connectivity index is 2.37. The van der Waals surface area contributed by atoms with Gasteiger partial charge < -0.3 is 16.2 Å². The summed E-state index contributed by atoms with van der Waals surface area (Å²) >= 11 is 0. The highest BCUT2D eigenvalue weighted by molar-refractivity contribution is 5.96. The maximum absolute atomic E-state index is 11.2. The lowest BCUT2D eigenvalue weighted by atomic mass is 10.2. The Morgan fingerprint density at radius 2 is 2.24 bits per heavy atom. The van der Waals surface area contributed by atoms with Crippen LogP contribution in [0.15, 0.2) is 24.5 Å². The molecular formula is C10H11N5O2. The van der Waals surface area contributed by atoms with Crippen molar-refractivity contribution in [3.63, 3.8) is 0 Å². The van der Waals surface area contributed by atoms with Crippen molar-refractivity contribution in [3.05, 3.63) is 30.1 Å². The summed E-state index contributed by atoms with van der Waals surface area (Å²) in [5.74, 6) is -0.361. The van der Waals surface area contributed by atoms with Gasteiger partial charge in [-0.2, -0.15) is 4.98 Å². The standard InChI is InChI=1S/C10H11N5O2/c1-15-5-13-10(14-15)17-8-4-6(11)2-3-7(8)9(12)16/h2-5H,11H2,1H3,(H2,12,16). The number of hydrogen-bond acceptors (Lipinski definition) is 5. The lowest BCUT2D eigenvalue weighted by Gasteiger charge is -2.06. The fourth-order valence-electron chi connectivity index (χ4n) is 1.29. The zero-order chi connectivity index (χ0) is 12.4. The second kappa shape index (κ2) is 4.12. The first-order valence-electron chi connectivity index (χ1n) is 4.79. The number of nitrogen functional groups attached to an aromatic ring is 1. The van der Waals surface area contributed by atoms with Crippen molar-refractivity contribution in [2.75, 3.05) is 5.73 Å². The van der Waals surface area contributed by atoms with Gasteiger partial charge in [0.2, 0.25) is 0 Å². The van der Waals surface area contributed by atoms with Crippen molar-refractivity contribution in [3.8, 4) is 11.8 Å². The molecule has 0 saturated carbocycles. The van der Waals surface area contributed by atoms with Gasteiger partial charge in [-0.15, -0.1) is 5.10 Å². The summed E-state index contributed by atoms with van der Waals surface area (Å²) in [5, 5.41) is 3.93. The number of amides is 1. The van der Waals surface area contributed by atoms with Crippen LogP contribution in [-0.4, -0.2) is 20.7 Å². The second-order valence-electron chi connectivity index (χ2n) is 3.42. The Morgan fingerprint density at radius 1 is 1.47 bits per heavy atom. The minimum Gasteiger partial charge on any atom is -0.422 e. The highest BCUT2D eigenvalue weighted by atomic mass is 16.5. The normalized spacial score (nSPS) is 10.2. The molecule has 2 rings (SSSR count). The summed E-state index contributed by atoms with van der Waals surface area (Å²) in [6.45, 7) is 0. The van der Waals surface area contributed by atoms with Gasteiger partial charge >= 0.3 is 6.01 Å². The molecule has 0 fully saturated rings. The lowest BCUT2D eigenvalue weighted by Crippen LogP contribution is -2.12. The van der Waals surface area contributed by atoms with E-state index in [2.05, 4.69) is 10.1 Å². The minimum atomic E-state index is -0.601. The highest BCUT2D eigenvalue weighted by Gasteiger charge is 2.12. The van der Waals surface area contributed by atoms with E-state index >= 15 is 0 Å². The van der Waals surface area contributed by atoms with E-state index in [1.54, 1.807) is 13.1 Å². The first kappa shape index (κ1) is 10.9. The Hall–Kier alpha value is -2.57. The first-order valence-corrected chi connectivity index (χ1v) is 4.79. The molecule has 7 heteroatoms. The Kier molecular flexibility index (Phi) is 2.65. The van der Waals surface area contributed by atoms with Crippen molar-refractivity contribution >= 4 is 11.6 Å². The van der Waals surface area contributed by atoms with E-state index in [0.717, 1.165) is 0 Å². The average Bonchev–Trinajstić information content (AvgIpc) is 2.63. The van der Waals surface area contributed by atoms with E-state index in [4.69, 9.17) is 16.2 Å². The summed E-state index contributed by atoms with van der Waals surface area (Å²) in [6, 6.07) is 4.69. The van der Waals surface area contributed by atoms with E-state index < -0.39 is 5.91 Å². The Bertz CT molecular complexity index is 564. The molecule has 1 amide bonds. The number of primary amides is 1. The monoisotopic (exact) mass is 233 g/mol. The topological polar surface area (TPSA) is 109 Å². The predicted octanol–water partition coefficient (Wildman–Crippen LogP) is 0.288. The number of nitrogens with two attached hydrogens (primary N) is 2. The van der Waals surface area contributed by atoms with E-state index in [1.807, 2.05) is 0 Å². The van der Waals surface area contributed by atoms with Crippen molar-refractivity contribution in [1.82, 2.24) is 14.8 Å². The van der Waals surface area contributed by atoms with E-state index in [-0.39, 0.29) is 17.3 Å². The summed E-state index contributed by atoms with van der Waals surface area (Å²) in [5.41, 5.74) is 11.5. The van der Waals surface area contributed by atoms with Crippen molar-refractivity contribution in [1.29, 1.82) is 0 Å². The molecule has 1 aromatic carbocycles. The number of anilines is 1. The molecular weight excluding hydrogens is 222 g/mol. The molecule has 0 unspecified atom stereocenters. The number of rotatable bonds is 3. The Morgan fingerprint density at radius 3 is 2.82 bits per heavy atom. The third kappa shape index (κ3) is 2.33. The maximum Gasteiger partial charge on any atom is 0.341 e. The van der Waals surface area contributed by atoms with Gasteiger partial charge in [0.05, 0.1) is 5.56 Å². The lowest BCUT2D eigenvalue weighted by molar-refractivity contribution is 0.0998. The molecule has 4 N–H and O–H groups in total. The summed E-state index contributed by atoms with van der Waals surface area (Å²) in [7, 11) is 1.70. The fourth-order valence-corrected chi connectivity index (χ4v) is 1.29. The van der Waals surface area contributed by atoms with Gasteiger partial charge in [-0.3, -0.25) is 9.48 Å². The smallest absolute Gasteiger partial charge is 0.341 e. The Labute approximate surface area is 97.0 Å². The van der Waals surface area contributed by atoms with Crippen LogP contribution in [0.2, 0.25) is 0 Å². The molecule has 0 radical (unpaired) electrons. The minimum absolute atomic E-state index is 0.126. The molecule has 0 aliphatic heterocycles. The molecule has 0 aliphatic carbocycles. The number of aryl methyl sites for hydroxylation is 1. The van der Waals surface area contributed by atoms with Gasteiger partial charge in [0, 0.05) is 18.8 Å². The number of hydrogen-bond donors (Lipinski definition) is 2. The van der Waals surface area contributed by atoms with Gasteiger partial charge in [0.25, 0.3) is 5.91 Å². The van der Waals surface area contributed by atoms with Crippen molar-refractivity contribution in [2.24, 2.45) is 12.8 Å². The number of nitrogens with zero attached hydrogens (tertiary/aromatic N) is 3. The predicted molar refractivity (Wildman–Crippen MR) is 60.4 cm³/mol. The van der Waals surface area contributed by atoms with Crippen LogP contribution in [0.3, 0.4) is 0 Å². The molecule has 0 bridgehead atoms. The molecule has 0 saturated heterocycles. The van der Waals surface area contributed by atoms with Gasteiger partial charge in [-0.05, 0) is 12.1 Å². The largest absolute Gasteiger partial charge is 0.422 e. The molecule has 0 spiro atoms. The van der Waals surface area contributed by atoms with Crippen LogP contribution in [-0.2, 0) is 7.05 Å². The molecule has 0 aliphatic rings. The molecule has 17 heavy (non-hydrogen) atoms. The molecule has 1 heterocycles. The van der Waals surface area contributed by atoms with Gasteiger partial charge in [-0.1, -0.05) is 0 Å². The summed E-state index contributed by atoms with van der Waals surface area (Å²) in [4.78, 5) is 15.1. The van der Waals surface area contributed by atoms with Crippen LogP contribution in [0.1, 0.15) is 10.4 Å². The highest BCUT2D eigenvalue weighted by Crippen LogP contribution is 2.25. The third-order valence-corrected chi connectivity index (χ3v) is 2.05. The van der Waals surface area contributed by atoms with Crippen molar-refractivity contribution < 1.29 is 9.53 Å². The van der Waals surface area contributed by atoms with Gasteiger partial charge in [0.1, 0.15) is 12.1 Å². The zero-order valence-corrected chi connectivity index (χ0v) is 9.12. The molecule has 0 atom stereocenters. The molecule has 1 aromatic heterocycles. The van der Waals surface area contributed by atoms with Crippen LogP contribution >= 0.6 is 0 Å². The average molecular weight is 233 g/mol. The first-order chi connectivity index (χ1) is 8.06. The van der Waals surface area contributed by atoms with E-state index in [1.165, 1.54) is 23.1 Å². The summed E-state index contributed by atoms with van der Waals surface area (Å²) < 4.78 is 6.83. The van der Waals surface area contributed by atoms with Crippen LogP contribution in [0.25, 0.3) is 0 Å². The number of aromatic nitrogens is 3. The number of ether oxygens (including phenoxy) is 1. The zero-order valence-electron chi connectivity index (χ0n) is 9.12. The number of carbonyl (C=O) groups is 1. The van der Waals surface area contributed by atoms with E-state index in [9.17, 15) is 4.79 Å². The molecule has 88 valence electrons. The third-order valence-electron chi connectivity index (χ3n) is 2.05. The quantitative estimate of drug-likeness (QED) is 0.740. The van der Waals surface area contributed by atoms with Crippen LogP contribution in [0, 0.1) is 0 Å². The van der Waals surface area contributed by atoms with Gasteiger partial charge in [0.15, 0.2) is 0 Å².